The second kappa shape index (κ2) is 4.76. The van der Waals surface area contributed by atoms with E-state index in [0.29, 0.717) is 6.04 Å². The lowest BCUT2D eigenvalue weighted by Gasteiger charge is -2.38. The molecule has 3 aliphatic heterocycles. The number of amides is 1. The molecule has 1 aromatic rings. The van der Waals surface area contributed by atoms with Gasteiger partial charge in [-0.2, -0.15) is 0 Å². The molecule has 0 radical (unpaired) electrons. The largest absolute Gasteiger partial charge is 0.370 e. The zero-order valence-electron chi connectivity index (χ0n) is 12.2. The van der Waals surface area contributed by atoms with Crippen LogP contribution in [0.2, 0.25) is 0 Å². The van der Waals surface area contributed by atoms with E-state index in [-0.39, 0.29) is 17.9 Å². The van der Waals surface area contributed by atoms with Crippen molar-refractivity contribution in [2.24, 2.45) is 4.99 Å². The van der Waals surface area contributed by atoms with Crippen LogP contribution < -0.4 is 10.2 Å². The fraction of sp³-hybridized carbons (Fsp3) is 0.500. The number of carbonyl (C=O) groups is 1. The van der Waals surface area contributed by atoms with Gasteiger partial charge in [-0.1, -0.05) is 18.2 Å². The third-order valence-corrected chi connectivity index (χ3v) is 4.97. The first-order chi connectivity index (χ1) is 10.3. The number of likely N-dealkylation sites (N-methyl/N-ethyl adjacent to an activating group) is 1. The molecule has 1 amide bonds. The van der Waals surface area contributed by atoms with Crippen molar-refractivity contribution in [3.8, 4) is 0 Å². The van der Waals surface area contributed by atoms with Gasteiger partial charge in [0.2, 0.25) is 5.91 Å². The van der Waals surface area contributed by atoms with E-state index >= 15 is 0 Å². The first-order valence-corrected chi connectivity index (χ1v) is 7.60. The van der Waals surface area contributed by atoms with Crippen molar-refractivity contribution in [3.05, 3.63) is 29.8 Å². The molecule has 0 aromatic heterocycles. The number of hydrogen-bond donors (Lipinski definition) is 1. The number of rotatable bonds is 2. The summed E-state index contributed by atoms with van der Waals surface area (Å²) in [6.45, 7) is 2.37. The maximum atomic E-state index is 12.9. The number of piperidine rings is 1. The summed E-state index contributed by atoms with van der Waals surface area (Å²) >= 11 is 0. The molecule has 3 aliphatic rings. The monoisotopic (exact) mass is 284 g/mol. The molecule has 21 heavy (non-hydrogen) atoms. The van der Waals surface area contributed by atoms with Gasteiger partial charge >= 0.3 is 0 Å². The van der Waals surface area contributed by atoms with Crippen molar-refractivity contribution in [3.63, 3.8) is 0 Å². The number of hydrogen-bond acceptors (Lipinski definition) is 4. The molecule has 5 heteroatoms. The molecule has 4 rings (SSSR count). The fourth-order valence-corrected chi connectivity index (χ4v) is 3.88. The van der Waals surface area contributed by atoms with Crippen molar-refractivity contribution in [2.45, 2.75) is 24.4 Å². The van der Waals surface area contributed by atoms with E-state index in [2.05, 4.69) is 40.5 Å². The van der Waals surface area contributed by atoms with Gasteiger partial charge in [-0.25, -0.2) is 0 Å². The van der Waals surface area contributed by atoms with Gasteiger partial charge < -0.3 is 15.1 Å². The number of aliphatic imine (C=N–C) groups is 1. The van der Waals surface area contributed by atoms with Crippen molar-refractivity contribution >= 4 is 17.9 Å². The molecule has 0 spiro atoms. The minimum Gasteiger partial charge on any atom is -0.370 e. The van der Waals surface area contributed by atoms with E-state index in [0.717, 1.165) is 26.1 Å². The Balaban J connectivity index is 1.58. The van der Waals surface area contributed by atoms with E-state index in [4.69, 9.17) is 0 Å². The van der Waals surface area contributed by atoms with E-state index in [9.17, 15) is 4.79 Å². The van der Waals surface area contributed by atoms with Crippen LogP contribution in [0, 0.1) is 0 Å². The zero-order chi connectivity index (χ0) is 14.4. The van der Waals surface area contributed by atoms with Gasteiger partial charge in [0.15, 0.2) is 0 Å². The van der Waals surface area contributed by atoms with Crippen LogP contribution in [0.1, 0.15) is 17.9 Å². The van der Waals surface area contributed by atoms with E-state index in [1.165, 1.54) is 11.3 Å². The van der Waals surface area contributed by atoms with Crippen molar-refractivity contribution < 1.29 is 4.79 Å². The lowest BCUT2D eigenvalue weighted by atomic mass is 9.88. The lowest BCUT2D eigenvalue weighted by Crippen LogP contribution is -2.52. The second-order valence-corrected chi connectivity index (χ2v) is 6.15. The Hall–Kier alpha value is -2.04. The number of likely N-dealkylation sites (tertiary alicyclic amines) is 1. The highest BCUT2D eigenvalue weighted by atomic mass is 16.2. The Kier molecular flexibility index (Phi) is 2.87. The van der Waals surface area contributed by atoms with Crippen LogP contribution in [0.4, 0.5) is 5.69 Å². The highest BCUT2D eigenvalue weighted by molar-refractivity contribution is 5.90. The molecule has 5 nitrogen and oxygen atoms in total. The van der Waals surface area contributed by atoms with E-state index < -0.39 is 0 Å². The predicted molar refractivity (Wildman–Crippen MR) is 82.9 cm³/mol. The molecule has 1 N–H and O–H groups in total. The van der Waals surface area contributed by atoms with Gasteiger partial charge in [-0.3, -0.25) is 9.79 Å². The molecule has 0 bridgehead atoms. The van der Waals surface area contributed by atoms with Crippen LogP contribution >= 0.6 is 0 Å². The zero-order valence-corrected chi connectivity index (χ0v) is 12.2. The Morgan fingerprint density at radius 3 is 3.05 bits per heavy atom. The van der Waals surface area contributed by atoms with Gasteiger partial charge in [0.25, 0.3) is 0 Å². The topological polar surface area (TPSA) is 47.9 Å². The average molecular weight is 284 g/mol. The standard InChI is InChI=1S/C16H20N4O/c1-19-13-5-3-2-4-12(13)15-14(19)6-7-20(16(15)21)9-11-8-17-10-18-11/h2-5,10-11,14-15H,6-9H2,1H3,(H,17,18)/t11-,14+,15+/m1/s1. The quantitative estimate of drug-likeness (QED) is 0.875. The number of nitrogens with zero attached hydrogens (tertiary/aromatic N) is 3. The Bertz CT molecular complexity index is 592. The molecule has 0 aliphatic carbocycles. The molecule has 0 unspecified atom stereocenters. The number of para-hydroxylation sites is 1. The average Bonchev–Trinajstić information content (AvgIpc) is 3.10. The summed E-state index contributed by atoms with van der Waals surface area (Å²) in [5.41, 5.74) is 2.40. The summed E-state index contributed by atoms with van der Waals surface area (Å²) in [7, 11) is 2.11. The van der Waals surface area contributed by atoms with Crippen LogP contribution in [-0.2, 0) is 4.79 Å². The van der Waals surface area contributed by atoms with Gasteiger partial charge in [0.1, 0.15) is 0 Å². The van der Waals surface area contributed by atoms with Crippen LogP contribution in [0.5, 0.6) is 0 Å². The Morgan fingerprint density at radius 1 is 1.38 bits per heavy atom. The molecule has 1 saturated heterocycles. The molecule has 3 heterocycles. The molecule has 1 fully saturated rings. The van der Waals surface area contributed by atoms with Crippen LogP contribution in [0.3, 0.4) is 0 Å². The first-order valence-electron chi connectivity index (χ1n) is 7.60. The smallest absolute Gasteiger partial charge is 0.232 e. The molecular weight excluding hydrogens is 264 g/mol. The summed E-state index contributed by atoms with van der Waals surface area (Å²) in [4.78, 5) is 21.4. The summed E-state index contributed by atoms with van der Waals surface area (Å²) in [6.07, 6.45) is 2.79. The molecule has 1 aromatic carbocycles. The van der Waals surface area contributed by atoms with Crippen molar-refractivity contribution in [1.82, 2.24) is 10.2 Å². The van der Waals surface area contributed by atoms with Crippen molar-refractivity contribution in [2.75, 3.05) is 31.6 Å². The lowest BCUT2D eigenvalue weighted by molar-refractivity contribution is -0.135. The molecular formula is C16H20N4O. The maximum absolute atomic E-state index is 12.9. The molecule has 110 valence electrons. The minimum atomic E-state index is 0.00210. The van der Waals surface area contributed by atoms with Crippen molar-refractivity contribution in [1.29, 1.82) is 0 Å². The summed E-state index contributed by atoms with van der Waals surface area (Å²) in [5.74, 6) is 0.277. The van der Waals surface area contributed by atoms with Crippen LogP contribution in [-0.4, -0.2) is 55.9 Å². The SMILES string of the molecule is CN1c2ccccc2[C@@H]2C(=O)N(C[C@H]3CN=CN3)CC[C@@H]21. The summed E-state index contributed by atoms with van der Waals surface area (Å²) in [5, 5.41) is 3.22. The summed E-state index contributed by atoms with van der Waals surface area (Å²) in [6, 6.07) is 8.91. The Morgan fingerprint density at radius 2 is 2.24 bits per heavy atom. The van der Waals surface area contributed by atoms with Gasteiger partial charge in [0.05, 0.1) is 24.8 Å². The first kappa shape index (κ1) is 12.7. The molecule has 3 atom stereocenters. The number of fused-ring (bicyclic) bond motifs is 3. The minimum absolute atomic E-state index is 0.00210. The normalized spacial score (nSPS) is 30.3. The molecule has 0 saturated carbocycles. The third-order valence-electron chi connectivity index (χ3n) is 4.97. The van der Waals surface area contributed by atoms with Gasteiger partial charge in [-0.05, 0) is 18.1 Å². The van der Waals surface area contributed by atoms with E-state index in [1.54, 1.807) is 6.34 Å². The van der Waals surface area contributed by atoms with E-state index in [1.807, 2.05) is 11.0 Å². The van der Waals surface area contributed by atoms with Gasteiger partial charge in [-0.15, -0.1) is 0 Å². The summed E-state index contributed by atoms with van der Waals surface area (Å²) < 4.78 is 0. The second-order valence-electron chi connectivity index (χ2n) is 6.15. The highest BCUT2D eigenvalue weighted by Gasteiger charge is 2.45. The van der Waals surface area contributed by atoms with Gasteiger partial charge in [0, 0.05) is 31.9 Å². The number of anilines is 1. The fourth-order valence-electron chi connectivity index (χ4n) is 3.88. The predicted octanol–water partition coefficient (Wildman–Crippen LogP) is 0.821. The highest BCUT2D eigenvalue weighted by Crippen LogP contribution is 2.44. The number of nitrogens with one attached hydrogen (secondary N) is 1. The number of carbonyl (C=O) groups excluding carboxylic acids is 1. The number of benzene rings is 1. The third kappa shape index (κ3) is 1.91. The Labute approximate surface area is 124 Å². The van der Waals surface area contributed by atoms with Crippen LogP contribution in [0.15, 0.2) is 29.3 Å². The van der Waals surface area contributed by atoms with Crippen LogP contribution in [0.25, 0.3) is 0 Å². The maximum Gasteiger partial charge on any atom is 0.232 e.